The van der Waals surface area contributed by atoms with Gasteiger partial charge in [-0.3, -0.25) is 4.98 Å². The molecule has 2 rings (SSSR count). The first-order chi connectivity index (χ1) is 5.90. The fourth-order valence-corrected chi connectivity index (χ4v) is 1.53. The van der Waals surface area contributed by atoms with Gasteiger partial charge in [0.1, 0.15) is 0 Å². The Morgan fingerprint density at radius 3 is 3.08 bits per heavy atom. The number of oxime groups is 1. The van der Waals surface area contributed by atoms with Crippen LogP contribution in [-0.4, -0.2) is 15.9 Å². The molecule has 1 heterocycles. The van der Waals surface area contributed by atoms with Gasteiger partial charge >= 0.3 is 0 Å². The Balaban J connectivity index is 2.35. The second-order valence-electron chi connectivity index (χ2n) is 2.99. The van der Waals surface area contributed by atoms with Crippen molar-refractivity contribution < 1.29 is 5.21 Å². The van der Waals surface area contributed by atoms with Crippen LogP contribution in [0.2, 0.25) is 0 Å². The topological polar surface area (TPSA) is 45.5 Å². The third kappa shape index (κ3) is 1.18. The first-order valence-electron chi connectivity index (χ1n) is 4.01. The zero-order chi connectivity index (χ0) is 8.39. The fourth-order valence-electron chi connectivity index (χ4n) is 1.53. The van der Waals surface area contributed by atoms with Crippen molar-refractivity contribution in [1.82, 2.24) is 4.98 Å². The van der Waals surface area contributed by atoms with Gasteiger partial charge in [-0.15, -0.1) is 0 Å². The molecular weight excluding hydrogens is 152 g/mol. The molecule has 1 aliphatic rings. The van der Waals surface area contributed by atoms with E-state index in [1.807, 2.05) is 12.3 Å². The van der Waals surface area contributed by atoms with Crippen LogP contribution in [0.4, 0.5) is 0 Å². The van der Waals surface area contributed by atoms with Gasteiger partial charge in [0.15, 0.2) is 0 Å². The Bertz CT molecular complexity index is 320. The van der Waals surface area contributed by atoms with Crippen molar-refractivity contribution in [2.45, 2.75) is 19.3 Å². The summed E-state index contributed by atoms with van der Waals surface area (Å²) >= 11 is 0. The molecule has 0 aromatic carbocycles. The molecule has 0 spiro atoms. The standard InChI is InChI=1S/C9H10N2O/c12-11-9-2-1-8-6-10-4-3-7(8)5-9/h3-4,6,12H,1-2,5H2. The minimum Gasteiger partial charge on any atom is -0.411 e. The molecule has 0 fully saturated rings. The van der Waals surface area contributed by atoms with E-state index in [4.69, 9.17) is 5.21 Å². The summed E-state index contributed by atoms with van der Waals surface area (Å²) in [6.45, 7) is 0. The van der Waals surface area contributed by atoms with Gasteiger partial charge < -0.3 is 5.21 Å². The zero-order valence-corrected chi connectivity index (χ0v) is 6.70. The van der Waals surface area contributed by atoms with Crippen LogP contribution < -0.4 is 0 Å². The molecule has 0 unspecified atom stereocenters. The molecule has 0 bridgehead atoms. The van der Waals surface area contributed by atoms with Gasteiger partial charge in [0.2, 0.25) is 0 Å². The Morgan fingerprint density at radius 2 is 2.25 bits per heavy atom. The maximum Gasteiger partial charge on any atom is 0.0617 e. The summed E-state index contributed by atoms with van der Waals surface area (Å²) in [5, 5.41) is 11.8. The van der Waals surface area contributed by atoms with E-state index < -0.39 is 0 Å². The maximum absolute atomic E-state index is 8.59. The third-order valence-electron chi connectivity index (χ3n) is 2.22. The highest BCUT2D eigenvalue weighted by Gasteiger charge is 2.13. The summed E-state index contributed by atoms with van der Waals surface area (Å²) in [5.41, 5.74) is 3.39. The molecule has 3 nitrogen and oxygen atoms in total. The lowest BCUT2D eigenvalue weighted by molar-refractivity contribution is 0.316. The van der Waals surface area contributed by atoms with E-state index in [0.717, 1.165) is 25.0 Å². The molecule has 0 aliphatic heterocycles. The molecule has 12 heavy (non-hydrogen) atoms. The fraction of sp³-hybridized carbons (Fsp3) is 0.333. The van der Waals surface area contributed by atoms with Gasteiger partial charge in [0, 0.05) is 18.8 Å². The lowest BCUT2D eigenvalue weighted by Crippen LogP contribution is -2.13. The molecule has 1 aromatic heterocycles. The monoisotopic (exact) mass is 162 g/mol. The van der Waals surface area contributed by atoms with E-state index >= 15 is 0 Å². The Hall–Kier alpha value is -1.38. The number of aromatic nitrogens is 1. The highest BCUT2D eigenvalue weighted by Crippen LogP contribution is 2.17. The van der Waals surface area contributed by atoms with Gasteiger partial charge in [-0.2, -0.15) is 0 Å². The van der Waals surface area contributed by atoms with Crippen LogP contribution in [0.25, 0.3) is 0 Å². The minimum absolute atomic E-state index is 0.772. The minimum atomic E-state index is 0.772. The molecule has 62 valence electrons. The number of aryl methyl sites for hydroxylation is 1. The number of nitrogens with zero attached hydrogens (tertiary/aromatic N) is 2. The van der Waals surface area contributed by atoms with E-state index in [2.05, 4.69) is 10.1 Å². The second kappa shape index (κ2) is 2.93. The molecule has 3 heteroatoms. The van der Waals surface area contributed by atoms with E-state index in [1.165, 1.54) is 11.1 Å². The average Bonchev–Trinajstić information content (AvgIpc) is 2.17. The Morgan fingerprint density at radius 1 is 1.33 bits per heavy atom. The maximum atomic E-state index is 8.59. The quantitative estimate of drug-likeness (QED) is 0.463. The van der Waals surface area contributed by atoms with Gasteiger partial charge in [-0.25, -0.2) is 0 Å². The SMILES string of the molecule is ON=C1CCc2cnccc2C1. The largest absolute Gasteiger partial charge is 0.411 e. The summed E-state index contributed by atoms with van der Waals surface area (Å²) in [5.74, 6) is 0. The van der Waals surface area contributed by atoms with Crippen LogP contribution in [-0.2, 0) is 12.8 Å². The molecular formula is C9H10N2O. The normalized spacial score (nSPS) is 19.2. The number of rotatable bonds is 0. The Kier molecular flexibility index (Phi) is 1.78. The predicted octanol–water partition coefficient (Wildman–Crippen LogP) is 1.40. The van der Waals surface area contributed by atoms with Crippen LogP contribution in [0.15, 0.2) is 23.6 Å². The summed E-state index contributed by atoms with van der Waals surface area (Å²) in [6, 6.07) is 1.99. The summed E-state index contributed by atoms with van der Waals surface area (Å²) < 4.78 is 0. The number of fused-ring (bicyclic) bond motifs is 1. The number of hydrogen-bond donors (Lipinski definition) is 1. The van der Waals surface area contributed by atoms with Gasteiger partial charge in [0.25, 0.3) is 0 Å². The molecule has 1 aromatic rings. The van der Waals surface area contributed by atoms with Gasteiger partial charge in [-0.1, -0.05) is 5.16 Å². The Labute approximate surface area is 70.7 Å². The van der Waals surface area contributed by atoms with Crippen LogP contribution in [0.1, 0.15) is 17.5 Å². The summed E-state index contributed by atoms with van der Waals surface area (Å²) in [7, 11) is 0. The van der Waals surface area contributed by atoms with Crippen molar-refractivity contribution in [2.75, 3.05) is 0 Å². The zero-order valence-electron chi connectivity index (χ0n) is 6.70. The second-order valence-corrected chi connectivity index (χ2v) is 2.99. The number of hydrogen-bond acceptors (Lipinski definition) is 3. The van der Waals surface area contributed by atoms with Crippen molar-refractivity contribution in [3.05, 3.63) is 29.6 Å². The number of pyridine rings is 1. The molecule has 1 aliphatic carbocycles. The van der Waals surface area contributed by atoms with E-state index in [9.17, 15) is 0 Å². The third-order valence-corrected chi connectivity index (χ3v) is 2.22. The smallest absolute Gasteiger partial charge is 0.0617 e. The average molecular weight is 162 g/mol. The van der Waals surface area contributed by atoms with Crippen LogP contribution in [0.3, 0.4) is 0 Å². The van der Waals surface area contributed by atoms with Crippen molar-refractivity contribution in [2.24, 2.45) is 5.16 Å². The van der Waals surface area contributed by atoms with Gasteiger partial charge in [0.05, 0.1) is 5.71 Å². The van der Waals surface area contributed by atoms with Crippen molar-refractivity contribution in [1.29, 1.82) is 0 Å². The lowest BCUT2D eigenvalue weighted by atomic mass is 9.92. The van der Waals surface area contributed by atoms with Crippen LogP contribution in [0.5, 0.6) is 0 Å². The molecule has 0 saturated heterocycles. The lowest BCUT2D eigenvalue weighted by Gasteiger charge is -2.14. The first-order valence-corrected chi connectivity index (χ1v) is 4.01. The molecule has 0 saturated carbocycles. The highest BCUT2D eigenvalue weighted by molar-refractivity contribution is 5.87. The molecule has 1 N–H and O–H groups in total. The van der Waals surface area contributed by atoms with Gasteiger partial charge in [-0.05, 0) is 30.0 Å². The van der Waals surface area contributed by atoms with Crippen LogP contribution >= 0.6 is 0 Å². The highest BCUT2D eigenvalue weighted by atomic mass is 16.4. The van der Waals surface area contributed by atoms with Crippen molar-refractivity contribution in [3.63, 3.8) is 0 Å². The molecule has 0 amide bonds. The summed E-state index contributed by atoms with van der Waals surface area (Å²) in [4.78, 5) is 4.05. The molecule has 0 atom stereocenters. The van der Waals surface area contributed by atoms with Crippen LogP contribution in [0, 0.1) is 0 Å². The van der Waals surface area contributed by atoms with E-state index in [-0.39, 0.29) is 0 Å². The van der Waals surface area contributed by atoms with Crippen molar-refractivity contribution >= 4 is 5.71 Å². The molecule has 0 radical (unpaired) electrons. The van der Waals surface area contributed by atoms with E-state index in [1.54, 1.807) is 6.20 Å². The summed E-state index contributed by atoms with van der Waals surface area (Å²) in [6.07, 6.45) is 6.24. The first kappa shape index (κ1) is 7.28. The van der Waals surface area contributed by atoms with E-state index in [0.29, 0.717) is 0 Å². The van der Waals surface area contributed by atoms with Crippen molar-refractivity contribution in [3.8, 4) is 0 Å². The predicted molar refractivity (Wildman–Crippen MR) is 45.5 cm³/mol.